The standard InChI is InChI=1S/C27H34O14/c1-37-17-8-12(4-5-16(17)30)2-3-13-6-14(38-26-24(35)22(33)20(31)18(10-28)40-26)9-15(7-13)39-27-25(36)23(34)21(32)19(11-29)41-27/h2-9,18-36H,10-11H2,1H3/b3-2+/t18-,19-,20-,21-,22+,23+,24-,25-,26-,27-/m1/s1. The molecule has 2 aliphatic rings. The molecule has 0 radical (unpaired) electrons. The summed E-state index contributed by atoms with van der Waals surface area (Å²) in [4.78, 5) is 0. The Morgan fingerprint density at radius 2 is 1.15 bits per heavy atom. The van der Waals surface area contributed by atoms with Crippen molar-refractivity contribution in [1.29, 1.82) is 0 Å². The van der Waals surface area contributed by atoms with Crippen LogP contribution in [0.1, 0.15) is 11.1 Å². The fourth-order valence-corrected chi connectivity index (χ4v) is 4.41. The second-order valence-corrected chi connectivity index (χ2v) is 9.63. The van der Waals surface area contributed by atoms with E-state index in [-0.39, 0.29) is 23.0 Å². The predicted octanol–water partition coefficient (Wildman–Crippen LogP) is -2.07. The number of aromatic hydroxyl groups is 1. The van der Waals surface area contributed by atoms with Crippen LogP contribution < -0.4 is 14.2 Å². The van der Waals surface area contributed by atoms with Crippen LogP contribution >= 0.6 is 0 Å². The molecular weight excluding hydrogens is 548 g/mol. The minimum atomic E-state index is -1.69. The number of aliphatic hydroxyl groups is 8. The highest BCUT2D eigenvalue weighted by atomic mass is 16.7. The molecule has 2 fully saturated rings. The van der Waals surface area contributed by atoms with Gasteiger partial charge in [-0.25, -0.2) is 0 Å². The Bertz CT molecular complexity index is 1130. The Balaban J connectivity index is 1.64. The van der Waals surface area contributed by atoms with E-state index in [1.807, 2.05) is 0 Å². The summed E-state index contributed by atoms with van der Waals surface area (Å²) >= 11 is 0. The molecule has 0 spiro atoms. The summed E-state index contributed by atoms with van der Waals surface area (Å²) in [5.74, 6) is 0.256. The molecule has 4 rings (SSSR count). The molecule has 0 aliphatic carbocycles. The third kappa shape index (κ3) is 6.90. The van der Waals surface area contributed by atoms with Gasteiger partial charge in [0.05, 0.1) is 20.3 Å². The third-order valence-electron chi connectivity index (χ3n) is 6.78. The second kappa shape index (κ2) is 13.3. The number of phenols is 1. The van der Waals surface area contributed by atoms with Gasteiger partial charge in [-0.15, -0.1) is 0 Å². The van der Waals surface area contributed by atoms with E-state index in [0.717, 1.165) is 0 Å². The first-order chi connectivity index (χ1) is 19.6. The Hall–Kier alpha value is -3.02. The van der Waals surface area contributed by atoms with Crippen LogP contribution in [0.15, 0.2) is 36.4 Å². The maximum Gasteiger partial charge on any atom is 0.229 e. The average Bonchev–Trinajstić information content (AvgIpc) is 2.97. The first-order valence-corrected chi connectivity index (χ1v) is 12.7. The summed E-state index contributed by atoms with van der Waals surface area (Å²) in [5, 5.41) is 90.0. The highest BCUT2D eigenvalue weighted by molar-refractivity contribution is 5.72. The van der Waals surface area contributed by atoms with E-state index < -0.39 is 74.6 Å². The van der Waals surface area contributed by atoms with Gasteiger partial charge in [0.15, 0.2) is 11.5 Å². The van der Waals surface area contributed by atoms with Gasteiger partial charge in [-0.1, -0.05) is 18.2 Å². The third-order valence-corrected chi connectivity index (χ3v) is 6.78. The lowest BCUT2D eigenvalue weighted by molar-refractivity contribution is -0.278. The lowest BCUT2D eigenvalue weighted by Crippen LogP contribution is -2.60. The monoisotopic (exact) mass is 582 g/mol. The second-order valence-electron chi connectivity index (χ2n) is 9.63. The van der Waals surface area contributed by atoms with E-state index in [1.54, 1.807) is 24.3 Å². The van der Waals surface area contributed by atoms with Gasteiger partial charge in [-0.2, -0.15) is 0 Å². The van der Waals surface area contributed by atoms with Gasteiger partial charge in [-0.3, -0.25) is 0 Å². The SMILES string of the molecule is COc1cc(/C=C/c2cc(O[C@@H]3O[C@H](CO)[C@@H](O)[C@H](O)[C@H]3O)cc(O[C@@H]3O[C@H](CO)[C@@H](O)[C@H](O)[C@H]3O)c2)ccc1O. The van der Waals surface area contributed by atoms with E-state index in [9.17, 15) is 46.0 Å². The smallest absolute Gasteiger partial charge is 0.229 e. The molecule has 9 N–H and O–H groups in total. The summed E-state index contributed by atoms with van der Waals surface area (Å²) in [6, 6.07) is 9.01. The molecule has 2 heterocycles. The van der Waals surface area contributed by atoms with Gasteiger partial charge < -0.3 is 69.6 Å². The molecule has 2 aliphatic heterocycles. The van der Waals surface area contributed by atoms with E-state index in [1.165, 1.54) is 31.4 Å². The maximum atomic E-state index is 10.4. The summed E-state index contributed by atoms with van der Waals surface area (Å²) in [6.45, 7) is -1.32. The van der Waals surface area contributed by atoms with Crippen molar-refractivity contribution in [3.8, 4) is 23.0 Å². The molecule has 0 bridgehead atoms. The molecule has 0 aromatic heterocycles. The Morgan fingerprint density at radius 1 is 0.659 bits per heavy atom. The van der Waals surface area contributed by atoms with Gasteiger partial charge in [0, 0.05) is 6.07 Å². The number of aliphatic hydroxyl groups excluding tert-OH is 8. The lowest BCUT2D eigenvalue weighted by Gasteiger charge is -2.40. The molecule has 41 heavy (non-hydrogen) atoms. The fourth-order valence-electron chi connectivity index (χ4n) is 4.41. The van der Waals surface area contributed by atoms with Crippen LogP contribution in [0.4, 0.5) is 0 Å². The van der Waals surface area contributed by atoms with Crippen molar-refractivity contribution in [2.24, 2.45) is 0 Å². The van der Waals surface area contributed by atoms with E-state index in [4.69, 9.17) is 23.7 Å². The lowest BCUT2D eigenvalue weighted by atomic mass is 9.99. The van der Waals surface area contributed by atoms with Crippen LogP contribution in [0.2, 0.25) is 0 Å². The molecule has 2 saturated heterocycles. The quantitative estimate of drug-likeness (QED) is 0.145. The molecule has 2 aromatic rings. The van der Waals surface area contributed by atoms with Crippen molar-refractivity contribution < 1.29 is 69.6 Å². The van der Waals surface area contributed by atoms with Crippen molar-refractivity contribution >= 4 is 12.2 Å². The van der Waals surface area contributed by atoms with Gasteiger partial charge in [0.25, 0.3) is 0 Å². The Kier molecular flexibility index (Phi) is 10.0. The normalized spacial score (nSPS) is 34.0. The van der Waals surface area contributed by atoms with Crippen LogP contribution in [0.25, 0.3) is 12.2 Å². The van der Waals surface area contributed by atoms with Crippen molar-refractivity contribution in [3.05, 3.63) is 47.5 Å². The summed E-state index contributed by atoms with van der Waals surface area (Å²) in [7, 11) is 1.41. The number of methoxy groups -OCH3 is 1. The van der Waals surface area contributed by atoms with Crippen LogP contribution in [-0.2, 0) is 9.47 Å². The molecule has 0 saturated carbocycles. The van der Waals surface area contributed by atoms with E-state index in [0.29, 0.717) is 11.1 Å². The van der Waals surface area contributed by atoms with Crippen LogP contribution in [0.3, 0.4) is 0 Å². The first kappa shape index (κ1) is 30.9. The number of hydrogen-bond acceptors (Lipinski definition) is 14. The number of benzene rings is 2. The molecule has 0 amide bonds. The van der Waals surface area contributed by atoms with E-state index in [2.05, 4.69) is 0 Å². The van der Waals surface area contributed by atoms with Gasteiger partial charge in [0.1, 0.15) is 60.3 Å². The van der Waals surface area contributed by atoms with Crippen molar-refractivity contribution in [3.63, 3.8) is 0 Å². The average molecular weight is 583 g/mol. The molecule has 226 valence electrons. The molecule has 14 nitrogen and oxygen atoms in total. The zero-order valence-electron chi connectivity index (χ0n) is 21.9. The van der Waals surface area contributed by atoms with Gasteiger partial charge in [0.2, 0.25) is 12.6 Å². The maximum absolute atomic E-state index is 10.4. The molecule has 14 heteroatoms. The summed E-state index contributed by atoms with van der Waals surface area (Å²) in [5.41, 5.74) is 1.09. The van der Waals surface area contributed by atoms with Crippen LogP contribution in [0, 0.1) is 0 Å². The van der Waals surface area contributed by atoms with Crippen molar-refractivity contribution in [2.75, 3.05) is 20.3 Å². The van der Waals surface area contributed by atoms with E-state index >= 15 is 0 Å². The van der Waals surface area contributed by atoms with Gasteiger partial charge in [-0.05, 0) is 35.4 Å². The van der Waals surface area contributed by atoms with Gasteiger partial charge >= 0.3 is 0 Å². The minimum absolute atomic E-state index is 0.0272. The van der Waals surface area contributed by atoms with Crippen molar-refractivity contribution in [2.45, 2.75) is 61.4 Å². The number of phenolic OH excluding ortho intramolecular Hbond substituents is 1. The molecule has 0 unspecified atom stereocenters. The zero-order valence-corrected chi connectivity index (χ0v) is 21.9. The predicted molar refractivity (Wildman–Crippen MR) is 139 cm³/mol. The molecular formula is C27H34O14. The number of rotatable bonds is 9. The highest BCUT2D eigenvalue weighted by Gasteiger charge is 2.46. The first-order valence-electron chi connectivity index (χ1n) is 12.7. The fraction of sp³-hybridized carbons (Fsp3) is 0.481. The topological polar surface area (TPSA) is 228 Å². The van der Waals surface area contributed by atoms with Crippen molar-refractivity contribution in [1.82, 2.24) is 0 Å². The summed E-state index contributed by atoms with van der Waals surface area (Å²) in [6.07, 6.45) is -12.0. The summed E-state index contributed by atoms with van der Waals surface area (Å²) < 4.78 is 27.5. The number of hydrogen-bond donors (Lipinski definition) is 9. The zero-order chi connectivity index (χ0) is 29.8. The molecule has 10 atom stereocenters. The van der Waals surface area contributed by atoms with Crippen LogP contribution in [0.5, 0.6) is 23.0 Å². The Morgan fingerprint density at radius 3 is 1.61 bits per heavy atom. The van der Waals surface area contributed by atoms with Crippen LogP contribution in [-0.4, -0.2) is 128 Å². The largest absolute Gasteiger partial charge is 0.504 e. The minimum Gasteiger partial charge on any atom is -0.504 e. The highest BCUT2D eigenvalue weighted by Crippen LogP contribution is 2.32. The Labute approximate surface area is 234 Å². The molecule has 2 aromatic carbocycles. The number of ether oxygens (including phenoxy) is 5.